The van der Waals surface area contributed by atoms with Crippen LogP contribution in [0.25, 0.3) is 0 Å². The van der Waals surface area contributed by atoms with Crippen molar-refractivity contribution in [1.82, 2.24) is 0 Å². The third kappa shape index (κ3) is 3.72. The molecule has 0 fully saturated rings. The quantitative estimate of drug-likeness (QED) is 0.671. The summed E-state index contributed by atoms with van der Waals surface area (Å²) in [6.07, 6.45) is 0.633. The van der Waals surface area contributed by atoms with E-state index in [-0.39, 0.29) is 5.75 Å². The van der Waals surface area contributed by atoms with Crippen LogP contribution in [0.3, 0.4) is 0 Å². The molecule has 0 heterocycles. The van der Waals surface area contributed by atoms with E-state index in [1.807, 2.05) is 13.8 Å². The maximum Gasteiger partial charge on any atom is 0.166 e. The van der Waals surface area contributed by atoms with Gasteiger partial charge in [0.25, 0.3) is 0 Å². The van der Waals surface area contributed by atoms with Crippen molar-refractivity contribution in [1.29, 1.82) is 5.26 Å². The second kappa shape index (κ2) is 4.46. The van der Waals surface area contributed by atoms with Crippen molar-refractivity contribution in [3.63, 3.8) is 0 Å². The van der Waals surface area contributed by atoms with Crippen molar-refractivity contribution >= 4 is 9.84 Å². The highest BCUT2D eigenvalue weighted by atomic mass is 32.2. The average Bonchev–Trinajstić information content (AvgIpc) is 1.99. The lowest BCUT2D eigenvalue weighted by Gasteiger charge is -2.06. The van der Waals surface area contributed by atoms with E-state index in [2.05, 4.69) is 0 Å². The molecule has 0 aliphatic heterocycles. The lowest BCUT2D eigenvalue weighted by atomic mass is 10.2. The highest BCUT2D eigenvalue weighted by molar-refractivity contribution is 7.92. The molecule has 0 spiro atoms. The van der Waals surface area contributed by atoms with Crippen molar-refractivity contribution in [2.24, 2.45) is 5.92 Å². The smallest absolute Gasteiger partial charge is 0.166 e. The predicted octanol–water partition coefficient (Wildman–Crippen LogP) is 1.36. The fourth-order valence-corrected chi connectivity index (χ4v) is 1.97. The number of nitrogens with zero attached hydrogens (tertiary/aromatic N) is 1. The Morgan fingerprint density at radius 3 is 2.17 bits per heavy atom. The van der Waals surface area contributed by atoms with Crippen LogP contribution < -0.4 is 0 Å². The Morgan fingerprint density at radius 2 is 1.83 bits per heavy atom. The zero-order valence-corrected chi connectivity index (χ0v) is 8.56. The van der Waals surface area contributed by atoms with E-state index in [1.54, 1.807) is 6.07 Å². The molecular weight excluding hydrogens is 174 g/mol. The fraction of sp³-hybridized carbons (Fsp3) is 0.875. The Balaban J connectivity index is 4.18. The van der Waals surface area contributed by atoms with Crippen LogP contribution in [-0.4, -0.2) is 19.4 Å². The summed E-state index contributed by atoms with van der Waals surface area (Å²) in [5, 5.41) is 7.54. The van der Waals surface area contributed by atoms with E-state index < -0.39 is 15.1 Å². The monoisotopic (exact) mass is 189 g/mol. The Kier molecular flexibility index (Phi) is 4.25. The zero-order chi connectivity index (χ0) is 9.78. The summed E-state index contributed by atoms with van der Waals surface area (Å²) in [6, 6.07) is 1.74. The van der Waals surface area contributed by atoms with E-state index >= 15 is 0 Å². The van der Waals surface area contributed by atoms with Crippen molar-refractivity contribution in [3.8, 4) is 6.07 Å². The minimum Gasteiger partial charge on any atom is -0.227 e. The normalized spacial score (nSPS) is 14.2. The van der Waals surface area contributed by atoms with Gasteiger partial charge in [-0.25, -0.2) is 8.42 Å². The Hall–Kier alpha value is -0.560. The summed E-state index contributed by atoms with van der Waals surface area (Å²) in [6.45, 7) is 5.36. The molecule has 12 heavy (non-hydrogen) atoms. The fourth-order valence-electron chi connectivity index (χ4n) is 0.657. The molecule has 0 saturated carbocycles. The lowest BCUT2D eigenvalue weighted by molar-refractivity contribution is 0.570. The molecule has 1 atom stereocenters. The van der Waals surface area contributed by atoms with Crippen LogP contribution in [-0.2, 0) is 9.84 Å². The maximum absolute atomic E-state index is 11.2. The number of hydrogen-bond acceptors (Lipinski definition) is 3. The van der Waals surface area contributed by atoms with Gasteiger partial charge in [0, 0.05) is 0 Å². The van der Waals surface area contributed by atoms with E-state index in [0.717, 1.165) is 0 Å². The molecule has 0 aromatic carbocycles. The van der Waals surface area contributed by atoms with Gasteiger partial charge in [0.15, 0.2) is 9.84 Å². The van der Waals surface area contributed by atoms with Crippen molar-refractivity contribution in [2.75, 3.05) is 5.75 Å². The molecule has 0 amide bonds. The highest BCUT2D eigenvalue weighted by Gasteiger charge is 2.19. The van der Waals surface area contributed by atoms with Crippen LogP contribution in [0.2, 0.25) is 0 Å². The molecule has 0 aliphatic carbocycles. The largest absolute Gasteiger partial charge is 0.227 e. The molecule has 0 rings (SSSR count). The molecule has 0 aliphatic rings. The molecule has 3 nitrogen and oxygen atoms in total. The molecule has 4 heteroatoms. The summed E-state index contributed by atoms with van der Waals surface area (Å²) in [7, 11) is -3.17. The third-order valence-electron chi connectivity index (χ3n) is 1.70. The van der Waals surface area contributed by atoms with Crippen LogP contribution in [0.5, 0.6) is 0 Å². The molecule has 0 N–H and O–H groups in total. The molecular formula is C8H15NO2S. The summed E-state index contributed by atoms with van der Waals surface area (Å²) >= 11 is 0. The third-order valence-corrected chi connectivity index (χ3v) is 3.69. The van der Waals surface area contributed by atoms with Gasteiger partial charge < -0.3 is 0 Å². The van der Waals surface area contributed by atoms with Gasteiger partial charge in [0.2, 0.25) is 0 Å². The highest BCUT2D eigenvalue weighted by Crippen LogP contribution is 2.07. The minimum absolute atomic E-state index is 0.124. The summed E-state index contributed by atoms with van der Waals surface area (Å²) in [5.41, 5.74) is 0. The Bertz CT molecular complexity index is 261. The SMILES string of the molecule is CC(C)CCS(=O)(=O)C(C)C#N. The van der Waals surface area contributed by atoms with E-state index in [4.69, 9.17) is 5.26 Å². The van der Waals surface area contributed by atoms with Gasteiger partial charge in [-0.3, -0.25) is 0 Å². The summed E-state index contributed by atoms with van der Waals surface area (Å²) in [4.78, 5) is 0. The standard InChI is InChI=1S/C8H15NO2S/c1-7(2)4-5-12(10,11)8(3)6-9/h7-8H,4-5H2,1-3H3. The van der Waals surface area contributed by atoms with Gasteiger partial charge in [-0.15, -0.1) is 0 Å². The first kappa shape index (κ1) is 11.4. The molecule has 0 aromatic heterocycles. The molecule has 1 unspecified atom stereocenters. The summed E-state index contributed by atoms with van der Waals surface area (Å²) in [5.74, 6) is 0.491. The van der Waals surface area contributed by atoms with Gasteiger partial charge in [-0.05, 0) is 19.3 Å². The first-order chi connectivity index (χ1) is 5.40. The van der Waals surface area contributed by atoms with Crippen LogP contribution in [0.1, 0.15) is 27.2 Å². The average molecular weight is 189 g/mol. The van der Waals surface area contributed by atoms with Crippen LogP contribution in [0.4, 0.5) is 0 Å². The molecule has 0 aromatic rings. The summed E-state index contributed by atoms with van der Waals surface area (Å²) < 4.78 is 22.5. The van der Waals surface area contributed by atoms with E-state index in [1.165, 1.54) is 6.92 Å². The maximum atomic E-state index is 11.2. The topological polar surface area (TPSA) is 57.9 Å². The molecule has 0 radical (unpaired) electrons. The molecule has 0 bridgehead atoms. The van der Waals surface area contributed by atoms with Gasteiger partial charge in [0.05, 0.1) is 11.8 Å². The Labute approximate surface area is 74.3 Å². The Morgan fingerprint density at radius 1 is 1.33 bits per heavy atom. The zero-order valence-electron chi connectivity index (χ0n) is 7.74. The van der Waals surface area contributed by atoms with E-state index in [0.29, 0.717) is 12.3 Å². The predicted molar refractivity (Wildman–Crippen MR) is 48.3 cm³/mol. The first-order valence-corrected chi connectivity index (χ1v) is 5.73. The first-order valence-electron chi connectivity index (χ1n) is 4.01. The van der Waals surface area contributed by atoms with Crippen LogP contribution in [0.15, 0.2) is 0 Å². The lowest BCUT2D eigenvalue weighted by Crippen LogP contribution is -2.20. The van der Waals surface area contributed by atoms with E-state index in [9.17, 15) is 8.42 Å². The van der Waals surface area contributed by atoms with Gasteiger partial charge in [-0.1, -0.05) is 13.8 Å². The van der Waals surface area contributed by atoms with Gasteiger partial charge in [0.1, 0.15) is 5.25 Å². The second-order valence-corrected chi connectivity index (χ2v) is 5.76. The minimum atomic E-state index is -3.17. The van der Waals surface area contributed by atoms with Crippen LogP contribution >= 0.6 is 0 Å². The molecule has 70 valence electrons. The number of rotatable bonds is 4. The molecule has 0 saturated heterocycles. The second-order valence-electron chi connectivity index (χ2n) is 3.32. The van der Waals surface area contributed by atoms with Gasteiger partial charge in [-0.2, -0.15) is 5.26 Å². The van der Waals surface area contributed by atoms with Crippen molar-refractivity contribution in [2.45, 2.75) is 32.4 Å². The van der Waals surface area contributed by atoms with Crippen molar-refractivity contribution in [3.05, 3.63) is 0 Å². The number of hydrogen-bond donors (Lipinski definition) is 0. The number of nitriles is 1. The van der Waals surface area contributed by atoms with Crippen molar-refractivity contribution < 1.29 is 8.42 Å². The van der Waals surface area contributed by atoms with Gasteiger partial charge >= 0.3 is 0 Å². The number of sulfone groups is 1. The van der Waals surface area contributed by atoms with Crippen LogP contribution in [0, 0.1) is 17.2 Å².